The van der Waals surface area contributed by atoms with E-state index in [0.29, 0.717) is 34.2 Å². The molecule has 4 fully saturated rings. The molecule has 15 nitrogen and oxygen atoms in total. The molecule has 1 atom stereocenters. The number of rotatable bonds is 11. The number of hydrogen-bond donors (Lipinski definition) is 3. The highest BCUT2D eigenvalue weighted by Gasteiger charge is 2.33. The number of halogens is 1. The van der Waals surface area contributed by atoms with E-state index in [9.17, 15) is 28.4 Å². The summed E-state index contributed by atoms with van der Waals surface area (Å²) in [4.78, 5) is 76.1. The molecule has 6 heterocycles. The largest absolute Gasteiger partial charge is 0.420 e. The number of nitrogens with one attached hydrogen (secondary N) is 3. The summed E-state index contributed by atoms with van der Waals surface area (Å²) in [6.45, 7) is 4.69. The molecule has 9 rings (SSSR count). The molecule has 4 aliphatic rings. The van der Waals surface area contributed by atoms with Gasteiger partial charge in [-0.15, -0.1) is 0 Å². The SMILES string of the molecule is O=C1CCC(n2c(=O)oc3cc(N4CCC(CCN5CCC(C(=O)NC6CCC(Nc7ncc(F)c(-c8cccc(-n9ccccc9=O)c8)n7)CC6)CC5)CC4)ccc32)C(=O)N1. The summed E-state index contributed by atoms with van der Waals surface area (Å²) >= 11 is 0. The number of amides is 3. The smallest absolute Gasteiger partial charge is 0.408 e. The van der Waals surface area contributed by atoms with E-state index >= 15 is 0 Å². The van der Waals surface area contributed by atoms with Gasteiger partial charge in [-0.1, -0.05) is 18.2 Å². The number of fused-ring (bicyclic) bond motifs is 1. The van der Waals surface area contributed by atoms with Gasteiger partial charge in [0.1, 0.15) is 11.7 Å². The van der Waals surface area contributed by atoms with Crippen molar-refractivity contribution in [3.05, 3.63) is 99.8 Å². The lowest BCUT2D eigenvalue weighted by molar-refractivity contribution is -0.135. The predicted molar refractivity (Wildman–Crippen MR) is 231 cm³/mol. The second-order valence-electron chi connectivity index (χ2n) is 17.2. The Morgan fingerprint density at radius 3 is 2.40 bits per heavy atom. The fraction of sp³-hybridized carbons (Fsp3) is 0.457. The van der Waals surface area contributed by atoms with Gasteiger partial charge in [-0.05, 0) is 120 Å². The number of likely N-dealkylation sites (tertiary alicyclic amines) is 1. The van der Waals surface area contributed by atoms with Crippen molar-refractivity contribution in [2.75, 3.05) is 42.9 Å². The second kappa shape index (κ2) is 18.1. The van der Waals surface area contributed by atoms with Gasteiger partial charge in [0.2, 0.25) is 23.7 Å². The first-order valence-electron chi connectivity index (χ1n) is 22.0. The van der Waals surface area contributed by atoms with Gasteiger partial charge in [0.15, 0.2) is 11.4 Å². The number of anilines is 2. The number of carbonyl (C=O) groups excluding carboxylic acids is 3. The van der Waals surface area contributed by atoms with Crippen LogP contribution in [0, 0.1) is 17.7 Å². The average molecular weight is 846 g/mol. The standard InChI is InChI=1S/C46H52FN9O6/c47-36-28-48-45(52-42(36)31-4-3-5-35(26-31)55-20-2-1-6-41(55)58)50-33-9-7-32(8-10-33)49-43(59)30-18-22-53(23-19-30)21-15-29-16-24-54(25-17-29)34-11-12-37-39(27-34)62-46(61)56(37)38-13-14-40(57)51-44(38)60/h1-6,11-12,20,26-30,32-33,38H,7-10,13-19,21-25H2,(H,49,59)(H,48,50,52)(H,51,57,60). The van der Waals surface area contributed by atoms with E-state index in [2.05, 4.69) is 35.7 Å². The predicted octanol–water partition coefficient (Wildman–Crippen LogP) is 5.18. The van der Waals surface area contributed by atoms with Crippen LogP contribution in [0.5, 0.6) is 0 Å². The van der Waals surface area contributed by atoms with Gasteiger partial charge in [-0.3, -0.25) is 33.6 Å². The summed E-state index contributed by atoms with van der Waals surface area (Å²) in [7, 11) is 0. The first-order chi connectivity index (χ1) is 30.1. The normalized spacial score (nSPS) is 21.8. The molecular formula is C46H52FN9O6. The lowest BCUT2D eigenvalue weighted by Crippen LogP contribution is -2.46. The number of oxazole rings is 1. The molecule has 0 bridgehead atoms. The van der Waals surface area contributed by atoms with Crippen molar-refractivity contribution in [2.45, 2.75) is 88.8 Å². The zero-order chi connectivity index (χ0) is 42.7. The van der Waals surface area contributed by atoms with Gasteiger partial charge in [0, 0.05) is 72.8 Å². The van der Waals surface area contributed by atoms with Gasteiger partial charge >= 0.3 is 5.76 Å². The molecule has 1 saturated carbocycles. The highest BCUT2D eigenvalue weighted by Crippen LogP contribution is 2.31. The number of aromatic nitrogens is 4. The van der Waals surface area contributed by atoms with Crippen LogP contribution >= 0.6 is 0 Å². The van der Waals surface area contributed by atoms with E-state index in [1.165, 1.54) is 21.4 Å². The van der Waals surface area contributed by atoms with E-state index in [1.807, 2.05) is 18.2 Å². The molecule has 0 spiro atoms. The molecule has 1 unspecified atom stereocenters. The number of imide groups is 1. The quantitative estimate of drug-likeness (QED) is 0.150. The van der Waals surface area contributed by atoms with E-state index in [0.717, 1.165) is 96.2 Å². The minimum atomic E-state index is -0.761. The Bertz CT molecular complexity index is 2570. The fourth-order valence-electron chi connectivity index (χ4n) is 9.68. The molecule has 3 aromatic heterocycles. The number of hydrogen-bond acceptors (Lipinski definition) is 11. The van der Waals surface area contributed by atoms with E-state index in [1.54, 1.807) is 42.6 Å². The van der Waals surface area contributed by atoms with Gasteiger partial charge in [-0.2, -0.15) is 0 Å². The maximum absolute atomic E-state index is 15.0. The summed E-state index contributed by atoms with van der Waals surface area (Å²) in [6.07, 6.45) is 11.6. The van der Waals surface area contributed by atoms with Crippen molar-refractivity contribution in [3.8, 4) is 16.9 Å². The Kier molecular flexibility index (Phi) is 12.0. The molecule has 3 amide bonds. The van der Waals surface area contributed by atoms with E-state index < -0.39 is 23.5 Å². The number of pyridine rings is 1. The van der Waals surface area contributed by atoms with Crippen LogP contribution in [0.3, 0.4) is 0 Å². The topological polar surface area (TPSA) is 177 Å². The van der Waals surface area contributed by atoms with Crippen molar-refractivity contribution in [1.29, 1.82) is 0 Å². The molecule has 1 aliphatic carbocycles. The molecule has 16 heteroatoms. The van der Waals surface area contributed by atoms with Gasteiger partial charge in [0.05, 0.1) is 11.7 Å². The number of piperidine rings is 3. The lowest BCUT2D eigenvalue weighted by Gasteiger charge is -2.36. The molecular weight excluding hydrogens is 794 g/mol. The summed E-state index contributed by atoms with van der Waals surface area (Å²) in [6, 6.07) is 17.1. The summed E-state index contributed by atoms with van der Waals surface area (Å²) in [5.74, 6) is -0.793. The first kappa shape index (κ1) is 41.2. The molecule has 3 saturated heterocycles. The van der Waals surface area contributed by atoms with Crippen molar-refractivity contribution < 1.29 is 23.2 Å². The van der Waals surface area contributed by atoms with Crippen LogP contribution < -0.4 is 32.2 Å². The van der Waals surface area contributed by atoms with E-state index in [-0.39, 0.29) is 53.9 Å². The Labute approximate surface area is 357 Å². The van der Waals surface area contributed by atoms with Crippen molar-refractivity contribution >= 4 is 40.5 Å². The highest BCUT2D eigenvalue weighted by atomic mass is 19.1. The number of nitrogens with zero attached hydrogens (tertiary/aromatic N) is 6. The molecule has 324 valence electrons. The van der Waals surface area contributed by atoms with Crippen LogP contribution in [-0.2, 0) is 14.4 Å². The second-order valence-corrected chi connectivity index (χ2v) is 17.2. The van der Waals surface area contributed by atoms with Crippen molar-refractivity contribution in [2.24, 2.45) is 11.8 Å². The monoisotopic (exact) mass is 845 g/mol. The third kappa shape index (κ3) is 9.06. The Morgan fingerprint density at radius 1 is 0.839 bits per heavy atom. The molecule has 2 aromatic carbocycles. The Morgan fingerprint density at radius 2 is 1.63 bits per heavy atom. The highest BCUT2D eigenvalue weighted by molar-refractivity contribution is 6.00. The first-order valence-corrected chi connectivity index (χ1v) is 22.0. The Hall–Kier alpha value is -6.16. The molecule has 3 N–H and O–H groups in total. The van der Waals surface area contributed by atoms with Crippen LogP contribution in [0.4, 0.5) is 16.0 Å². The van der Waals surface area contributed by atoms with Crippen LogP contribution in [-0.4, -0.2) is 86.5 Å². The molecule has 5 aromatic rings. The summed E-state index contributed by atoms with van der Waals surface area (Å²) < 4.78 is 23.4. The zero-order valence-corrected chi connectivity index (χ0v) is 34.6. The van der Waals surface area contributed by atoms with Crippen LogP contribution in [0.15, 0.2) is 87.1 Å². The van der Waals surface area contributed by atoms with Crippen molar-refractivity contribution in [1.82, 2.24) is 34.6 Å². The maximum Gasteiger partial charge on any atom is 0.420 e. The van der Waals surface area contributed by atoms with Crippen LogP contribution in [0.2, 0.25) is 0 Å². The number of benzene rings is 2. The summed E-state index contributed by atoms with van der Waals surface area (Å²) in [5.41, 5.74) is 3.13. The molecule has 0 radical (unpaired) electrons. The third-order valence-corrected chi connectivity index (χ3v) is 13.3. The van der Waals surface area contributed by atoms with Crippen molar-refractivity contribution in [3.63, 3.8) is 0 Å². The molecule has 3 aliphatic heterocycles. The Balaban J connectivity index is 0.686. The third-order valence-electron chi connectivity index (χ3n) is 13.3. The zero-order valence-electron chi connectivity index (χ0n) is 34.6. The lowest BCUT2D eigenvalue weighted by atomic mass is 9.89. The minimum absolute atomic E-state index is 0.0260. The van der Waals surface area contributed by atoms with Gasteiger partial charge in [-0.25, -0.2) is 19.2 Å². The van der Waals surface area contributed by atoms with Gasteiger partial charge in [0.25, 0.3) is 5.56 Å². The van der Waals surface area contributed by atoms with E-state index in [4.69, 9.17) is 4.42 Å². The van der Waals surface area contributed by atoms with Gasteiger partial charge < -0.3 is 24.9 Å². The summed E-state index contributed by atoms with van der Waals surface area (Å²) in [5, 5.41) is 9.04. The maximum atomic E-state index is 15.0. The van der Waals surface area contributed by atoms with Crippen LogP contribution in [0.1, 0.15) is 76.7 Å². The van der Waals surface area contributed by atoms with Crippen LogP contribution in [0.25, 0.3) is 28.0 Å². The minimum Gasteiger partial charge on any atom is -0.408 e. The number of carbonyl (C=O) groups is 3. The molecule has 62 heavy (non-hydrogen) atoms. The fourth-order valence-corrected chi connectivity index (χ4v) is 9.68. The average Bonchev–Trinajstić information content (AvgIpc) is 3.62.